The summed E-state index contributed by atoms with van der Waals surface area (Å²) in [5.41, 5.74) is 11.9. The number of benzene rings is 1. The Labute approximate surface area is 218 Å². The molecule has 1 aromatic heterocycles. The lowest BCUT2D eigenvalue weighted by atomic mass is 9.96. The van der Waals surface area contributed by atoms with Crippen LogP contribution in [0.25, 0.3) is 16.7 Å². The van der Waals surface area contributed by atoms with E-state index in [2.05, 4.69) is 16.8 Å². The number of hydrogen-bond acceptors (Lipinski definition) is 8. The number of ether oxygens (including phenoxy) is 2. The van der Waals surface area contributed by atoms with Crippen molar-refractivity contribution in [3.8, 4) is 17.0 Å². The molecule has 2 aromatic rings. The first kappa shape index (κ1) is 26.6. The maximum absolute atomic E-state index is 11.7. The van der Waals surface area contributed by atoms with Gasteiger partial charge in [-0.15, -0.1) is 0 Å². The van der Waals surface area contributed by atoms with Crippen LogP contribution in [0.3, 0.4) is 0 Å². The Hall–Kier alpha value is -3.41. The van der Waals surface area contributed by atoms with Crippen LogP contribution in [0.5, 0.6) is 5.88 Å². The molecule has 0 aliphatic carbocycles. The van der Waals surface area contributed by atoms with Gasteiger partial charge >= 0.3 is 0 Å². The Morgan fingerprint density at radius 2 is 2.00 bits per heavy atom. The van der Waals surface area contributed by atoms with E-state index in [9.17, 15) is 8.42 Å². The van der Waals surface area contributed by atoms with Crippen LogP contribution in [-0.2, 0) is 14.8 Å². The zero-order valence-electron chi connectivity index (χ0n) is 21.6. The first-order valence-corrected chi connectivity index (χ1v) is 13.8. The second-order valence-electron chi connectivity index (χ2n) is 9.71. The van der Waals surface area contributed by atoms with Crippen LogP contribution in [0, 0.1) is 12.3 Å². The first-order valence-electron chi connectivity index (χ1n) is 12.0. The number of allylic oxidation sites excluding steroid dienone is 2. The first-order chi connectivity index (χ1) is 17.4. The van der Waals surface area contributed by atoms with Gasteiger partial charge in [0.25, 0.3) is 0 Å². The number of H-pyrrole nitrogens is 1. The number of nitrogens with zero attached hydrogens (tertiary/aromatic N) is 3. The molecular formula is C26H34N6O4S. The summed E-state index contributed by atoms with van der Waals surface area (Å²) in [4.78, 5) is 2.00. The van der Waals surface area contributed by atoms with Crippen molar-refractivity contribution < 1.29 is 17.9 Å². The molecule has 2 aliphatic heterocycles. The van der Waals surface area contributed by atoms with Gasteiger partial charge in [-0.3, -0.25) is 10.3 Å². The predicted molar refractivity (Wildman–Crippen MR) is 145 cm³/mol. The van der Waals surface area contributed by atoms with E-state index in [1.807, 2.05) is 50.1 Å². The third kappa shape index (κ3) is 6.12. The van der Waals surface area contributed by atoms with Gasteiger partial charge in [-0.05, 0) is 55.3 Å². The summed E-state index contributed by atoms with van der Waals surface area (Å²) in [6.45, 7) is 9.59. The average Bonchev–Trinajstić information content (AvgIpc) is 3.22. The van der Waals surface area contributed by atoms with Crippen LogP contribution in [0.15, 0.2) is 54.4 Å². The standard InChI is InChI=1S/C26H34N6O4S/c1-16-6-8-19-10-22(16)17(2)7-9-21(25(28)36-20-13-32(14-20)37(5,33)34)24(27)15-31(4)12-18(3)35-26-23(19)11-29-30-26/h6-11,18,20,28H,2,12-15,27H2,1,3-5H3,(H,29,30)/b9-7+,24-21?,28-25?/t18-/m0/s1. The van der Waals surface area contributed by atoms with Crippen LogP contribution < -0.4 is 10.5 Å². The molecule has 2 aliphatic rings. The highest BCUT2D eigenvalue weighted by atomic mass is 32.2. The summed E-state index contributed by atoms with van der Waals surface area (Å²) in [5.74, 6) is 0.489. The highest BCUT2D eigenvalue weighted by Gasteiger charge is 2.35. The molecule has 0 spiro atoms. The van der Waals surface area contributed by atoms with Gasteiger partial charge < -0.3 is 15.2 Å². The predicted octanol–water partition coefficient (Wildman–Crippen LogP) is 2.52. The van der Waals surface area contributed by atoms with E-state index in [0.717, 1.165) is 34.1 Å². The minimum absolute atomic E-state index is 0.103. The lowest BCUT2D eigenvalue weighted by Gasteiger charge is -2.37. The van der Waals surface area contributed by atoms with Crippen LogP contribution in [0.1, 0.15) is 18.1 Å². The molecule has 0 unspecified atom stereocenters. The lowest BCUT2D eigenvalue weighted by molar-refractivity contribution is 0.0661. The maximum Gasteiger partial charge on any atom is 0.217 e. The van der Waals surface area contributed by atoms with E-state index in [0.29, 0.717) is 30.2 Å². The molecule has 10 nitrogen and oxygen atoms in total. The molecule has 1 fully saturated rings. The molecule has 0 radical (unpaired) electrons. The van der Waals surface area contributed by atoms with Gasteiger partial charge in [0.2, 0.25) is 21.8 Å². The number of aromatic amines is 1. The van der Waals surface area contributed by atoms with Gasteiger partial charge in [0.05, 0.1) is 36.7 Å². The summed E-state index contributed by atoms with van der Waals surface area (Å²) in [5, 5.41) is 15.8. The molecule has 4 rings (SSSR count). The Morgan fingerprint density at radius 1 is 1.27 bits per heavy atom. The van der Waals surface area contributed by atoms with Gasteiger partial charge in [-0.1, -0.05) is 24.8 Å². The van der Waals surface area contributed by atoms with E-state index in [-0.39, 0.29) is 25.1 Å². The smallest absolute Gasteiger partial charge is 0.217 e. The van der Waals surface area contributed by atoms with E-state index >= 15 is 0 Å². The molecule has 0 amide bonds. The monoisotopic (exact) mass is 526 g/mol. The number of nitrogens with two attached hydrogens (primary N) is 1. The van der Waals surface area contributed by atoms with Crippen molar-refractivity contribution >= 4 is 21.5 Å². The molecule has 198 valence electrons. The second kappa shape index (κ2) is 10.5. The fourth-order valence-electron chi connectivity index (χ4n) is 4.40. The molecule has 1 atom stereocenters. The second-order valence-corrected chi connectivity index (χ2v) is 11.7. The SMILES string of the molecule is C=C1/C=C/C(C(=N)OC2CN(S(C)(=O)=O)C2)=C(N)CN(C)C[C@H](C)Oc2[nH]ncc2-c2ccc(C)c1c2. The van der Waals surface area contributed by atoms with Gasteiger partial charge in [-0.25, -0.2) is 13.5 Å². The van der Waals surface area contributed by atoms with Crippen LogP contribution in [0.4, 0.5) is 0 Å². The third-order valence-corrected chi connectivity index (χ3v) is 7.67. The fourth-order valence-corrected chi connectivity index (χ4v) is 5.28. The number of sulfonamides is 1. The summed E-state index contributed by atoms with van der Waals surface area (Å²) >= 11 is 0. The lowest BCUT2D eigenvalue weighted by Crippen LogP contribution is -2.54. The van der Waals surface area contributed by atoms with Gasteiger partial charge in [0.1, 0.15) is 12.2 Å². The van der Waals surface area contributed by atoms with Crippen LogP contribution in [0.2, 0.25) is 0 Å². The number of fused-ring (bicyclic) bond motifs is 4. The summed E-state index contributed by atoms with van der Waals surface area (Å²) in [6, 6.07) is 6.09. The Kier molecular flexibility index (Phi) is 7.58. The van der Waals surface area contributed by atoms with Gasteiger partial charge in [0.15, 0.2) is 0 Å². The molecule has 2 bridgehead atoms. The van der Waals surface area contributed by atoms with E-state index < -0.39 is 16.1 Å². The Balaban J connectivity index is 1.66. The minimum atomic E-state index is -3.28. The highest BCUT2D eigenvalue weighted by Crippen LogP contribution is 2.32. The summed E-state index contributed by atoms with van der Waals surface area (Å²) in [6.07, 6.45) is 5.91. The molecule has 3 heterocycles. The molecule has 1 saturated heterocycles. The molecule has 11 heteroatoms. The van der Waals surface area contributed by atoms with Crippen molar-refractivity contribution in [2.24, 2.45) is 5.73 Å². The van der Waals surface area contributed by atoms with Crippen molar-refractivity contribution in [1.29, 1.82) is 5.41 Å². The fraction of sp³-hybridized carbons (Fsp3) is 0.385. The summed E-state index contributed by atoms with van der Waals surface area (Å²) in [7, 11) is -1.35. The molecule has 4 N–H and O–H groups in total. The minimum Gasteiger partial charge on any atom is -0.473 e. The quantitative estimate of drug-likeness (QED) is 0.413. The van der Waals surface area contributed by atoms with Crippen LogP contribution >= 0.6 is 0 Å². The topological polar surface area (TPSA) is 138 Å². The largest absolute Gasteiger partial charge is 0.473 e. The summed E-state index contributed by atoms with van der Waals surface area (Å²) < 4.78 is 36.7. The molecule has 1 aromatic carbocycles. The molecule has 0 saturated carbocycles. The number of nitrogens with one attached hydrogen (secondary N) is 2. The van der Waals surface area contributed by atoms with E-state index in [1.54, 1.807) is 12.3 Å². The van der Waals surface area contributed by atoms with Crippen molar-refractivity contribution in [3.05, 3.63) is 65.5 Å². The maximum atomic E-state index is 11.7. The molecular weight excluding hydrogens is 492 g/mol. The Bertz CT molecular complexity index is 1370. The number of likely N-dealkylation sites (N-methyl/N-ethyl adjacent to an activating group) is 1. The normalized spacial score (nSPS) is 21.3. The number of aryl methyl sites for hydroxylation is 1. The van der Waals surface area contributed by atoms with E-state index in [1.165, 1.54) is 4.31 Å². The highest BCUT2D eigenvalue weighted by molar-refractivity contribution is 7.88. The van der Waals surface area contributed by atoms with Crippen molar-refractivity contribution in [1.82, 2.24) is 19.4 Å². The molecule has 37 heavy (non-hydrogen) atoms. The van der Waals surface area contributed by atoms with Gasteiger partial charge in [-0.2, -0.15) is 9.40 Å². The van der Waals surface area contributed by atoms with Crippen molar-refractivity contribution in [2.75, 3.05) is 39.5 Å². The Morgan fingerprint density at radius 3 is 2.70 bits per heavy atom. The van der Waals surface area contributed by atoms with E-state index in [4.69, 9.17) is 20.6 Å². The van der Waals surface area contributed by atoms with Crippen LogP contribution in [-0.4, -0.2) is 85.4 Å². The zero-order chi connectivity index (χ0) is 26.9. The third-order valence-electron chi connectivity index (χ3n) is 6.44. The van der Waals surface area contributed by atoms with Crippen molar-refractivity contribution in [2.45, 2.75) is 26.1 Å². The number of aromatic nitrogens is 2. The van der Waals surface area contributed by atoms with Crippen molar-refractivity contribution in [3.63, 3.8) is 0 Å². The number of rotatable bonds is 3. The average molecular weight is 527 g/mol. The van der Waals surface area contributed by atoms with Gasteiger partial charge in [0, 0.05) is 18.8 Å². The number of hydrogen-bond donors (Lipinski definition) is 3. The zero-order valence-corrected chi connectivity index (χ0v) is 22.4.